The van der Waals surface area contributed by atoms with Gasteiger partial charge in [-0.1, -0.05) is 13.8 Å². The van der Waals surface area contributed by atoms with Crippen molar-refractivity contribution in [3.8, 4) is 6.07 Å². The van der Waals surface area contributed by atoms with Crippen molar-refractivity contribution in [1.29, 1.82) is 5.26 Å². The maximum absolute atomic E-state index is 12.0. The first-order valence-corrected chi connectivity index (χ1v) is 7.78. The second-order valence-electron chi connectivity index (χ2n) is 5.15. The van der Waals surface area contributed by atoms with Crippen LogP contribution < -0.4 is 0 Å². The first-order valence-electron chi connectivity index (χ1n) is 6.28. The predicted molar refractivity (Wildman–Crippen MR) is 67.7 cm³/mol. The highest BCUT2D eigenvalue weighted by atomic mass is 32.2. The second kappa shape index (κ2) is 5.83. The highest BCUT2D eigenvalue weighted by molar-refractivity contribution is 7.89. The lowest BCUT2D eigenvalue weighted by molar-refractivity contribution is 0.340. The fraction of sp³-hybridized carbons (Fsp3) is 0.917. The molecule has 0 aliphatic carbocycles. The van der Waals surface area contributed by atoms with Crippen molar-refractivity contribution < 1.29 is 8.42 Å². The van der Waals surface area contributed by atoms with Crippen molar-refractivity contribution in [2.45, 2.75) is 45.3 Å². The quantitative estimate of drug-likeness (QED) is 0.777. The monoisotopic (exact) mass is 258 g/mol. The Morgan fingerprint density at radius 3 is 2.41 bits per heavy atom. The average Bonchev–Trinajstić information content (AvgIpc) is 2.53. The third-order valence-corrected chi connectivity index (χ3v) is 5.75. The van der Waals surface area contributed by atoms with Crippen LogP contribution in [0.1, 0.15) is 40.0 Å². The summed E-state index contributed by atoms with van der Waals surface area (Å²) in [5.41, 5.74) is 0. The van der Waals surface area contributed by atoms with Crippen molar-refractivity contribution in [1.82, 2.24) is 4.31 Å². The molecular weight excluding hydrogens is 236 g/mol. The van der Waals surface area contributed by atoms with E-state index in [1.54, 1.807) is 0 Å². The van der Waals surface area contributed by atoms with Crippen LogP contribution in [0.25, 0.3) is 0 Å². The van der Waals surface area contributed by atoms with E-state index in [0.717, 1.165) is 19.3 Å². The van der Waals surface area contributed by atoms with Crippen molar-refractivity contribution >= 4 is 10.0 Å². The lowest BCUT2D eigenvalue weighted by Crippen LogP contribution is -2.37. The van der Waals surface area contributed by atoms with Crippen LogP contribution in [-0.2, 0) is 10.0 Å². The summed E-state index contributed by atoms with van der Waals surface area (Å²) in [5.74, 6) is 1.21. The van der Waals surface area contributed by atoms with E-state index < -0.39 is 15.3 Å². The van der Waals surface area contributed by atoms with E-state index in [-0.39, 0.29) is 0 Å². The molecule has 0 saturated carbocycles. The van der Waals surface area contributed by atoms with Crippen LogP contribution in [0.5, 0.6) is 0 Å². The van der Waals surface area contributed by atoms with Crippen LogP contribution in [-0.4, -0.2) is 31.1 Å². The summed E-state index contributed by atoms with van der Waals surface area (Å²) in [6.45, 7) is 6.97. The molecule has 1 rings (SSSR count). The minimum Gasteiger partial charge on any atom is -0.211 e. The Balaban J connectivity index is 2.73. The number of rotatable bonds is 3. The van der Waals surface area contributed by atoms with E-state index in [2.05, 4.69) is 13.8 Å². The number of sulfonamides is 1. The molecule has 1 heterocycles. The molecule has 0 spiro atoms. The Hall–Kier alpha value is -0.600. The maximum Gasteiger partial charge on any atom is 0.230 e. The van der Waals surface area contributed by atoms with E-state index in [1.807, 2.05) is 6.07 Å². The Kier molecular flexibility index (Phi) is 4.96. The molecule has 1 saturated heterocycles. The van der Waals surface area contributed by atoms with Gasteiger partial charge in [0.05, 0.1) is 6.07 Å². The second-order valence-corrected chi connectivity index (χ2v) is 7.40. The molecule has 0 radical (unpaired) electrons. The largest absolute Gasteiger partial charge is 0.230 e. The summed E-state index contributed by atoms with van der Waals surface area (Å²) >= 11 is 0. The zero-order valence-electron chi connectivity index (χ0n) is 10.9. The van der Waals surface area contributed by atoms with Crippen molar-refractivity contribution in [3.05, 3.63) is 0 Å². The average molecular weight is 258 g/mol. The van der Waals surface area contributed by atoms with Crippen molar-refractivity contribution in [2.24, 2.45) is 11.8 Å². The molecule has 1 fully saturated rings. The van der Waals surface area contributed by atoms with E-state index >= 15 is 0 Å². The van der Waals surface area contributed by atoms with Gasteiger partial charge >= 0.3 is 0 Å². The van der Waals surface area contributed by atoms with Gasteiger partial charge in [0.2, 0.25) is 10.0 Å². The summed E-state index contributed by atoms with van der Waals surface area (Å²) in [5, 5.41) is 7.82. The molecule has 2 unspecified atom stereocenters. The van der Waals surface area contributed by atoms with Crippen molar-refractivity contribution in [2.75, 3.05) is 13.1 Å². The van der Waals surface area contributed by atoms with Gasteiger partial charge < -0.3 is 0 Å². The highest BCUT2D eigenvalue weighted by Crippen LogP contribution is 2.26. The Morgan fingerprint density at radius 1 is 1.24 bits per heavy atom. The zero-order valence-corrected chi connectivity index (χ0v) is 11.7. The van der Waals surface area contributed by atoms with Crippen LogP contribution in [0, 0.1) is 23.2 Å². The van der Waals surface area contributed by atoms with Crippen LogP contribution in [0.15, 0.2) is 0 Å². The van der Waals surface area contributed by atoms with Gasteiger partial charge in [-0.25, -0.2) is 12.7 Å². The molecule has 1 aliphatic rings. The minimum absolute atomic E-state index is 0.567. The van der Waals surface area contributed by atoms with E-state index in [4.69, 9.17) is 5.26 Å². The minimum atomic E-state index is -3.41. The fourth-order valence-corrected chi connectivity index (χ4v) is 3.63. The summed E-state index contributed by atoms with van der Waals surface area (Å²) in [6, 6.07) is 1.83. The SMILES string of the molecule is CC(C)C1CCCN(S(=O)(=O)C(C)C#N)CC1. The van der Waals surface area contributed by atoms with E-state index in [9.17, 15) is 8.42 Å². The van der Waals surface area contributed by atoms with Crippen molar-refractivity contribution in [3.63, 3.8) is 0 Å². The smallest absolute Gasteiger partial charge is 0.211 e. The molecule has 0 N–H and O–H groups in total. The first kappa shape index (κ1) is 14.5. The molecule has 0 aromatic carbocycles. The predicted octanol–water partition coefficient (Wildman–Crippen LogP) is 1.99. The number of hydrogen-bond donors (Lipinski definition) is 0. The van der Waals surface area contributed by atoms with Crippen LogP contribution in [0.2, 0.25) is 0 Å². The number of nitriles is 1. The van der Waals surface area contributed by atoms with Gasteiger partial charge in [0.25, 0.3) is 0 Å². The molecule has 98 valence electrons. The Labute approximate surface area is 105 Å². The van der Waals surface area contributed by atoms with Crippen LogP contribution >= 0.6 is 0 Å². The van der Waals surface area contributed by atoms with Gasteiger partial charge in [0.15, 0.2) is 5.25 Å². The Morgan fingerprint density at radius 2 is 1.88 bits per heavy atom. The molecule has 0 amide bonds. The lowest BCUT2D eigenvalue weighted by atomic mass is 9.89. The lowest BCUT2D eigenvalue weighted by Gasteiger charge is -2.22. The molecule has 0 aromatic heterocycles. The van der Waals surface area contributed by atoms with E-state index in [1.165, 1.54) is 11.2 Å². The first-order chi connectivity index (χ1) is 7.89. The van der Waals surface area contributed by atoms with Gasteiger partial charge in [0.1, 0.15) is 0 Å². The molecule has 0 bridgehead atoms. The summed E-state index contributed by atoms with van der Waals surface area (Å²) in [7, 11) is -3.41. The highest BCUT2D eigenvalue weighted by Gasteiger charge is 2.31. The number of nitrogens with zero attached hydrogens (tertiary/aromatic N) is 2. The molecular formula is C12H22N2O2S. The number of hydrogen-bond acceptors (Lipinski definition) is 3. The van der Waals surface area contributed by atoms with Crippen LogP contribution in [0.3, 0.4) is 0 Å². The summed E-state index contributed by atoms with van der Waals surface area (Å²) < 4.78 is 25.6. The zero-order chi connectivity index (χ0) is 13.1. The Bertz CT molecular complexity index is 384. The molecule has 17 heavy (non-hydrogen) atoms. The van der Waals surface area contributed by atoms with Gasteiger partial charge in [-0.3, -0.25) is 0 Å². The van der Waals surface area contributed by atoms with Gasteiger partial charge in [-0.2, -0.15) is 5.26 Å². The maximum atomic E-state index is 12.0. The summed E-state index contributed by atoms with van der Waals surface area (Å²) in [6.07, 6.45) is 2.90. The summed E-state index contributed by atoms with van der Waals surface area (Å²) in [4.78, 5) is 0. The standard InChI is InChI=1S/C12H22N2O2S/c1-10(2)12-5-4-7-14(8-6-12)17(15,16)11(3)9-13/h10-12H,4-8H2,1-3H3. The topological polar surface area (TPSA) is 61.2 Å². The van der Waals surface area contributed by atoms with Gasteiger partial charge in [0, 0.05) is 13.1 Å². The molecule has 1 aliphatic heterocycles. The molecule has 5 heteroatoms. The van der Waals surface area contributed by atoms with Gasteiger partial charge in [-0.05, 0) is 38.0 Å². The van der Waals surface area contributed by atoms with Gasteiger partial charge in [-0.15, -0.1) is 0 Å². The third-order valence-electron chi connectivity index (χ3n) is 3.66. The van der Waals surface area contributed by atoms with Crippen LogP contribution in [0.4, 0.5) is 0 Å². The normalized spacial score (nSPS) is 25.2. The third kappa shape index (κ3) is 3.43. The molecule has 0 aromatic rings. The van der Waals surface area contributed by atoms with E-state index in [0.29, 0.717) is 24.9 Å². The molecule has 4 nitrogen and oxygen atoms in total. The fourth-order valence-electron chi connectivity index (χ4n) is 2.31. The molecule has 2 atom stereocenters.